The fourth-order valence-corrected chi connectivity index (χ4v) is 3.80. The molecular weight excluding hydrogens is 284 g/mol. The predicted octanol–water partition coefficient (Wildman–Crippen LogP) is 4.71. The highest BCUT2D eigenvalue weighted by atomic mass is 16.7. The van der Waals surface area contributed by atoms with Crippen molar-refractivity contribution in [1.29, 1.82) is 0 Å². The van der Waals surface area contributed by atoms with Gasteiger partial charge in [0.2, 0.25) is 0 Å². The van der Waals surface area contributed by atoms with E-state index in [0.717, 1.165) is 36.2 Å². The van der Waals surface area contributed by atoms with Gasteiger partial charge in [-0.1, -0.05) is 30.2 Å². The third-order valence-corrected chi connectivity index (χ3v) is 5.22. The highest BCUT2D eigenvalue weighted by Gasteiger charge is 2.31. The molecule has 0 aromatic heterocycles. The topological polar surface area (TPSA) is 18.5 Å². The van der Waals surface area contributed by atoms with Crippen molar-refractivity contribution in [3.8, 4) is 12.3 Å². The number of rotatable bonds is 3. The highest BCUT2D eigenvalue weighted by molar-refractivity contribution is 5.34. The Balaban J connectivity index is 1.49. The van der Waals surface area contributed by atoms with Gasteiger partial charge >= 0.3 is 0 Å². The van der Waals surface area contributed by atoms with E-state index >= 15 is 0 Å². The van der Waals surface area contributed by atoms with E-state index in [1.807, 2.05) is 24.3 Å². The van der Waals surface area contributed by atoms with Gasteiger partial charge in [-0.15, -0.1) is 6.42 Å². The van der Waals surface area contributed by atoms with Crippen LogP contribution < -0.4 is 0 Å². The summed E-state index contributed by atoms with van der Waals surface area (Å²) in [5, 5.41) is 0. The molecule has 2 aliphatic rings. The molecule has 0 atom stereocenters. The molecule has 1 aliphatic carbocycles. The van der Waals surface area contributed by atoms with Gasteiger partial charge in [-0.25, -0.2) is 0 Å². The summed E-state index contributed by atoms with van der Waals surface area (Å²) in [5.41, 5.74) is 1.94. The van der Waals surface area contributed by atoms with Crippen LogP contribution in [-0.2, 0) is 9.47 Å². The normalized spacial score (nSPS) is 31.8. The Bertz CT molecular complexity index is 550. The Morgan fingerprint density at radius 1 is 1.00 bits per heavy atom. The fourth-order valence-electron chi connectivity index (χ4n) is 3.80. The van der Waals surface area contributed by atoms with Gasteiger partial charge in [0.1, 0.15) is 0 Å². The third kappa shape index (κ3) is 4.05. The average molecular weight is 310 g/mol. The molecule has 1 saturated heterocycles. The number of hydrogen-bond acceptors (Lipinski definition) is 2. The van der Waals surface area contributed by atoms with Crippen LogP contribution >= 0.6 is 0 Å². The molecule has 0 radical (unpaired) electrons. The van der Waals surface area contributed by atoms with Crippen LogP contribution in [0.3, 0.4) is 0 Å². The lowest BCUT2D eigenvalue weighted by Crippen LogP contribution is -2.34. The summed E-state index contributed by atoms with van der Waals surface area (Å²) in [6.07, 6.45) is 14.9. The maximum Gasteiger partial charge on any atom is 0.183 e. The lowest BCUT2D eigenvalue weighted by molar-refractivity contribution is -0.214. The van der Waals surface area contributed by atoms with Crippen LogP contribution in [0.5, 0.6) is 0 Å². The van der Waals surface area contributed by atoms with Gasteiger partial charge in [-0.2, -0.15) is 0 Å². The van der Waals surface area contributed by atoms with E-state index in [1.54, 1.807) is 0 Å². The third-order valence-electron chi connectivity index (χ3n) is 5.22. The second-order valence-electron chi connectivity index (χ2n) is 6.73. The van der Waals surface area contributed by atoms with E-state index in [2.05, 4.69) is 25.0 Å². The Morgan fingerprint density at radius 3 is 2.22 bits per heavy atom. The van der Waals surface area contributed by atoms with Gasteiger partial charge in [-0.3, -0.25) is 0 Å². The molecule has 1 heterocycles. The number of allylic oxidation sites excluding steroid dienone is 2. The number of terminal acetylenes is 1. The first kappa shape index (κ1) is 16.3. The molecule has 2 heteroatoms. The molecule has 1 aliphatic heterocycles. The van der Waals surface area contributed by atoms with Crippen molar-refractivity contribution in [2.24, 2.45) is 17.8 Å². The summed E-state index contributed by atoms with van der Waals surface area (Å²) in [5.74, 6) is 4.71. The van der Waals surface area contributed by atoms with Gasteiger partial charge in [-0.05, 0) is 56.6 Å². The monoisotopic (exact) mass is 310 g/mol. The van der Waals surface area contributed by atoms with Crippen LogP contribution in [0, 0.1) is 30.1 Å². The summed E-state index contributed by atoms with van der Waals surface area (Å²) < 4.78 is 12.0. The van der Waals surface area contributed by atoms with Crippen LogP contribution in [0.4, 0.5) is 0 Å². The Morgan fingerprint density at radius 2 is 1.65 bits per heavy atom. The zero-order chi connectivity index (χ0) is 16.1. The molecule has 0 spiro atoms. The summed E-state index contributed by atoms with van der Waals surface area (Å²) in [7, 11) is 0. The molecule has 23 heavy (non-hydrogen) atoms. The first-order valence-electron chi connectivity index (χ1n) is 8.72. The van der Waals surface area contributed by atoms with Crippen molar-refractivity contribution in [2.75, 3.05) is 13.2 Å². The molecule has 1 saturated carbocycles. The van der Waals surface area contributed by atoms with Crippen LogP contribution in [0.15, 0.2) is 36.4 Å². The number of hydrogen-bond donors (Lipinski definition) is 0. The van der Waals surface area contributed by atoms with Crippen LogP contribution in [0.1, 0.15) is 50.0 Å². The maximum atomic E-state index is 5.99. The molecule has 2 nitrogen and oxygen atoms in total. The molecule has 3 rings (SSSR count). The van der Waals surface area contributed by atoms with E-state index in [-0.39, 0.29) is 6.29 Å². The minimum absolute atomic E-state index is 0.238. The Kier molecular flexibility index (Phi) is 5.54. The van der Waals surface area contributed by atoms with Gasteiger partial charge in [0.05, 0.1) is 13.2 Å². The minimum Gasteiger partial charge on any atom is -0.348 e. The molecule has 1 aromatic rings. The molecule has 0 amide bonds. The highest BCUT2D eigenvalue weighted by Crippen LogP contribution is 2.37. The van der Waals surface area contributed by atoms with E-state index in [9.17, 15) is 0 Å². The van der Waals surface area contributed by atoms with E-state index in [4.69, 9.17) is 15.9 Å². The summed E-state index contributed by atoms with van der Waals surface area (Å²) >= 11 is 0. The lowest BCUT2D eigenvalue weighted by atomic mass is 9.76. The van der Waals surface area contributed by atoms with Crippen molar-refractivity contribution in [3.05, 3.63) is 47.5 Å². The van der Waals surface area contributed by atoms with Gasteiger partial charge in [0.25, 0.3) is 0 Å². The van der Waals surface area contributed by atoms with Crippen molar-refractivity contribution >= 4 is 0 Å². The zero-order valence-electron chi connectivity index (χ0n) is 13.9. The second kappa shape index (κ2) is 7.81. The molecule has 0 unspecified atom stereocenters. The molecular formula is C21H26O2. The van der Waals surface area contributed by atoms with Gasteiger partial charge in [0.15, 0.2) is 6.29 Å². The zero-order valence-corrected chi connectivity index (χ0v) is 13.9. The Hall–Kier alpha value is -1.56. The van der Waals surface area contributed by atoms with Crippen molar-refractivity contribution in [3.63, 3.8) is 0 Å². The Labute approximate surface area is 139 Å². The number of ether oxygens (including phenoxy) is 2. The summed E-state index contributed by atoms with van der Waals surface area (Å²) in [6, 6.07) is 7.89. The van der Waals surface area contributed by atoms with Crippen molar-refractivity contribution < 1.29 is 9.47 Å². The second-order valence-corrected chi connectivity index (χ2v) is 6.73. The van der Waals surface area contributed by atoms with Crippen molar-refractivity contribution in [1.82, 2.24) is 0 Å². The van der Waals surface area contributed by atoms with Gasteiger partial charge in [0, 0.05) is 17.0 Å². The lowest BCUT2D eigenvalue weighted by Gasteiger charge is -2.37. The molecule has 122 valence electrons. The molecule has 0 bridgehead atoms. The van der Waals surface area contributed by atoms with Crippen LogP contribution in [0.2, 0.25) is 0 Å². The van der Waals surface area contributed by atoms with E-state index in [1.165, 1.54) is 25.7 Å². The fraction of sp³-hybridized carbons (Fsp3) is 0.524. The smallest absolute Gasteiger partial charge is 0.183 e. The standard InChI is InChI=1S/C21H26O2/c1-3-5-17-8-10-18(11-9-17)20-14-22-21(23-15-20)19-12-6-16(4-2)7-13-19/h2-3,5-7,12-13,17-18,20-21H,8-11,14-15H2,1H3. The maximum absolute atomic E-state index is 5.99. The first-order chi connectivity index (χ1) is 11.3. The average Bonchev–Trinajstić information content (AvgIpc) is 2.63. The summed E-state index contributed by atoms with van der Waals surface area (Å²) in [4.78, 5) is 0. The first-order valence-corrected chi connectivity index (χ1v) is 8.72. The van der Waals surface area contributed by atoms with E-state index in [0.29, 0.717) is 5.92 Å². The minimum atomic E-state index is -0.238. The molecule has 1 aromatic carbocycles. The predicted molar refractivity (Wildman–Crippen MR) is 92.8 cm³/mol. The van der Waals surface area contributed by atoms with Gasteiger partial charge < -0.3 is 9.47 Å². The quantitative estimate of drug-likeness (QED) is 0.594. The molecule has 0 N–H and O–H groups in total. The van der Waals surface area contributed by atoms with E-state index < -0.39 is 0 Å². The van der Waals surface area contributed by atoms with Crippen LogP contribution in [0.25, 0.3) is 0 Å². The summed E-state index contributed by atoms with van der Waals surface area (Å²) in [6.45, 7) is 3.73. The van der Waals surface area contributed by atoms with Crippen molar-refractivity contribution in [2.45, 2.75) is 38.9 Å². The SMILES string of the molecule is C#Cc1ccc(C2OCC(C3CCC(C=CC)CC3)CO2)cc1. The molecule has 2 fully saturated rings. The number of benzene rings is 1. The largest absolute Gasteiger partial charge is 0.348 e. The van der Waals surface area contributed by atoms with Crippen LogP contribution in [-0.4, -0.2) is 13.2 Å².